The normalized spacial score (nSPS) is 22.5. The molecule has 10 nitrogen and oxygen atoms in total. The number of phenolic OH excluding ortho intramolecular Hbond substituents is 1. The third-order valence-electron chi connectivity index (χ3n) is 7.53. The minimum absolute atomic E-state index is 0.0584. The maximum atomic E-state index is 13.1. The molecule has 14 heteroatoms. The first-order valence-electron chi connectivity index (χ1n) is 13.3. The Kier molecular flexibility index (Phi) is 8.23. The van der Waals surface area contributed by atoms with E-state index in [4.69, 9.17) is 25.9 Å². The molecule has 3 aliphatic rings. The summed E-state index contributed by atoms with van der Waals surface area (Å²) in [6, 6.07) is 9.30. The molecule has 0 saturated carbocycles. The first kappa shape index (κ1) is 30.2. The molecule has 0 aliphatic carbocycles. The van der Waals surface area contributed by atoms with E-state index in [-0.39, 0.29) is 29.3 Å². The van der Waals surface area contributed by atoms with Crippen LogP contribution in [0, 0.1) is 0 Å². The maximum Gasteiger partial charge on any atom is 0.490 e. The maximum absolute atomic E-state index is 13.1. The smallest absolute Gasteiger partial charge is 0.490 e. The van der Waals surface area contributed by atoms with Crippen molar-refractivity contribution in [1.82, 2.24) is 9.96 Å². The third-order valence-corrected chi connectivity index (χ3v) is 7.76. The summed E-state index contributed by atoms with van der Waals surface area (Å²) in [6.45, 7) is 1.76. The molecular weight excluding hydrogens is 585 g/mol. The number of benzene rings is 2. The van der Waals surface area contributed by atoms with Gasteiger partial charge in [-0.25, -0.2) is 9.86 Å². The number of fused-ring (bicyclic) bond motifs is 1. The number of hydroxylamine groups is 2. The number of aliphatic hydroxyl groups excluding tert-OH is 1. The quantitative estimate of drug-likeness (QED) is 0.452. The predicted octanol–water partition coefficient (Wildman–Crippen LogP) is 3.51. The van der Waals surface area contributed by atoms with E-state index in [2.05, 4.69) is 9.64 Å². The summed E-state index contributed by atoms with van der Waals surface area (Å²) < 4.78 is 54.4. The van der Waals surface area contributed by atoms with Crippen LogP contribution in [0.3, 0.4) is 0 Å². The number of amides is 1. The average Bonchev–Trinajstić information content (AvgIpc) is 3.48. The molecular formula is C28H30ClF3N2O8. The zero-order valence-corrected chi connectivity index (χ0v) is 23.4. The van der Waals surface area contributed by atoms with Crippen molar-refractivity contribution < 1.29 is 52.0 Å². The lowest BCUT2D eigenvalue weighted by Gasteiger charge is -2.39. The number of rotatable bonds is 7. The van der Waals surface area contributed by atoms with E-state index in [9.17, 15) is 33.0 Å². The number of phenols is 1. The largest absolute Gasteiger partial charge is 0.508 e. The molecule has 2 aromatic rings. The number of aliphatic hydroxyl groups is 1. The minimum Gasteiger partial charge on any atom is -0.508 e. The topological polar surface area (TPSA) is 118 Å². The molecule has 3 heterocycles. The highest BCUT2D eigenvalue weighted by atomic mass is 35.5. The number of esters is 1. The molecule has 228 valence electrons. The van der Waals surface area contributed by atoms with Gasteiger partial charge in [-0.3, -0.25) is 9.63 Å². The van der Waals surface area contributed by atoms with Crippen LogP contribution in [0.4, 0.5) is 13.2 Å². The van der Waals surface area contributed by atoms with Gasteiger partial charge in [0.2, 0.25) is 0 Å². The summed E-state index contributed by atoms with van der Waals surface area (Å²) in [7, 11) is 0. The zero-order valence-electron chi connectivity index (χ0n) is 22.7. The van der Waals surface area contributed by atoms with Gasteiger partial charge in [0.15, 0.2) is 5.60 Å². The Balaban J connectivity index is 1.14. The van der Waals surface area contributed by atoms with Crippen molar-refractivity contribution in [2.24, 2.45) is 0 Å². The van der Waals surface area contributed by atoms with Crippen molar-refractivity contribution in [2.45, 2.75) is 49.7 Å². The molecule has 2 N–H and O–H groups in total. The molecule has 3 aliphatic heterocycles. The second-order valence-electron chi connectivity index (χ2n) is 11.1. The van der Waals surface area contributed by atoms with Gasteiger partial charge in [-0.2, -0.15) is 13.2 Å². The van der Waals surface area contributed by atoms with Crippen LogP contribution in [-0.2, 0) is 20.8 Å². The van der Waals surface area contributed by atoms with Crippen molar-refractivity contribution in [3.63, 3.8) is 0 Å². The number of carbonyl (C=O) groups is 2. The van der Waals surface area contributed by atoms with E-state index >= 15 is 0 Å². The summed E-state index contributed by atoms with van der Waals surface area (Å²) in [4.78, 5) is 31.7. The number of nitrogens with zero attached hydrogens (tertiary/aromatic N) is 2. The van der Waals surface area contributed by atoms with Crippen LogP contribution < -0.4 is 9.47 Å². The lowest BCUT2D eigenvalue weighted by molar-refractivity contribution is -0.211. The van der Waals surface area contributed by atoms with E-state index in [1.54, 1.807) is 6.07 Å². The van der Waals surface area contributed by atoms with Crippen LogP contribution in [0.15, 0.2) is 36.4 Å². The molecule has 0 aromatic heterocycles. The van der Waals surface area contributed by atoms with Gasteiger partial charge in [-0.1, -0.05) is 11.6 Å². The van der Waals surface area contributed by atoms with E-state index in [0.717, 1.165) is 35.6 Å². The molecule has 2 atom stereocenters. The first-order chi connectivity index (χ1) is 19.7. The Morgan fingerprint density at radius 3 is 2.62 bits per heavy atom. The number of carbonyl (C=O) groups excluding carboxylic acids is 2. The third kappa shape index (κ3) is 6.69. The van der Waals surface area contributed by atoms with Gasteiger partial charge < -0.3 is 29.3 Å². The van der Waals surface area contributed by atoms with Crippen LogP contribution in [0.25, 0.3) is 0 Å². The fourth-order valence-corrected chi connectivity index (χ4v) is 5.58. The summed E-state index contributed by atoms with van der Waals surface area (Å²) in [6.07, 6.45) is -3.81. The van der Waals surface area contributed by atoms with Crippen LogP contribution in [0.5, 0.6) is 17.2 Å². The van der Waals surface area contributed by atoms with E-state index in [0.29, 0.717) is 24.7 Å². The van der Waals surface area contributed by atoms with Gasteiger partial charge in [0.1, 0.15) is 42.2 Å². The lowest BCUT2D eigenvalue weighted by Crippen LogP contribution is -2.49. The molecule has 2 saturated heterocycles. The summed E-state index contributed by atoms with van der Waals surface area (Å²) in [5, 5.41) is 22.1. The number of ether oxygens (including phenoxy) is 3. The monoisotopic (exact) mass is 614 g/mol. The van der Waals surface area contributed by atoms with Crippen LogP contribution in [0.1, 0.15) is 35.7 Å². The fourth-order valence-electron chi connectivity index (χ4n) is 5.39. The van der Waals surface area contributed by atoms with Crippen molar-refractivity contribution in [1.29, 1.82) is 0 Å². The molecule has 0 radical (unpaired) electrons. The second-order valence-corrected chi connectivity index (χ2v) is 11.5. The standard InChI is InChI=1S/C28H30ClF3N2O8/c1-26(42-25(38)28(30,31)32)15-34(40-16-26)24(37)21-4-3-19(35)11-23(21)39-14-20(36)13-33-8-6-27(7-9-33)12-17-10-18(29)2-5-22(17)41-27/h2-5,10-11,20,35-36H,6-9,12-16H2,1H3/t20-,26?/m0/s1. The Labute approximate surface area is 244 Å². The first-order valence-corrected chi connectivity index (χ1v) is 13.7. The van der Waals surface area contributed by atoms with Crippen molar-refractivity contribution in [3.05, 3.63) is 52.5 Å². The van der Waals surface area contributed by atoms with Crippen LogP contribution in [0.2, 0.25) is 5.02 Å². The predicted molar refractivity (Wildman–Crippen MR) is 141 cm³/mol. The van der Waals surface area contributed by atoms with Gasteiger partial charge in [-0.05, 0) is 42.8 Å². The van der Waals surface area contributed by atoms with Crippen LogP contribution >= 0.6 is 11.6 Å². The molecule has 2 aromatic carbocycles. The number of aromatic hydroxyl groups is 1. The van der Waals surface area contributed by atoms with Gasteiger partial charge in [0.25, 0.3) is 5.91 Å². The molecule has 1 unspecified atom stereocenters. The molecule has 0 bridgehead atoms. The number of likely N-dealkylation sites (tertiary alicyclic amines) is 1. The number of hydrogen-bond donors (Lipinski definition) is 2. The molecule has 2 fully saturated rings. The van der Waals surface area contributed by atoms with Crippen molar-refractivity contribution >= 4 is 23.5 Å². The highest BCUT2D eigenvalue weighted by Gasteiger charge is 2.49. The van der Waals surface area contributed by atoms with E-state index in [1.165, 1.54) is 25.1 Å². The zero-order chi connectivity index (χ0) is 30.3. The van der Waals surface area contributed by atoms with Crippen molar-refractivity contribution in [2.75, 3.05) is 39.4 Å². The van der Waals surface area contributed by atoms with Crippen molar-refractivity contribution in [3.8, 4) is 17.2 Å². The molecule has 1 spiro atoms. The number of alkyl halides is 3. The number of piperidine rings is 1. The Morgan fingerprint density at radius 1 is 1.17 bits per heavy atom. The number of β-amino-alcohol motifs (C(OH)–C–C–N with tert-alkyl or cyclic N) is 1. The highest BCUT2D eigenvalue weighted by molar-refractivity contribution is 6.30. The minimum atomic E-state index is -5.19. The molecule has 42 heavy (non-hydrogen) atoms. The van der Waals surface area contributed by atoms with Crippen LogP contribution in [-0.4, -0.2) is 94.9 Å². The lowest BCUT2D eigenvalue weighted by atomic mass is 9.87. The van der Waals surface area contributed by atoms with Gasteiger partial charge in [-0.15, -0.1) is 0 Å². The Morgan fingerprint density at radius 2 is 1.90 bits per heavy atom. The van der Waals surface area contributed by atoms with E-state index < -0.39 is 42.9 Å². The highest BCUT2D eigenvalue weighted by Crippen LogP contribution is 2.42. The SMILES string of the molecule is CC1(OC(=O)C(F)(F)F)CON(C(=O)c2ccc(O)cc2OC[C@@H](O)CN2CCC3(CC2)Cc2cc(Cl)ccc2O3)C1. The summed E-state index contributed by atoms with van der Waals surface area (Å²) in [5.74, 6) is -2.59. The molecule has 1 amide bonds. The van der Waals surface area contributed by atoms with Gasteiger partial charge >= 0.3 is 12.1 Å². The van der Waals surface area contributed by atoms with Gasteiger partial charge in [0, 0.05) is 50.0 Å². The summed E-state index contributed by atoms with van der Waals surface area (Å²) >= 11 is 6.12. The van der Waals surface area contributed by atoms with E-state index in [1.807, 2.05) is 12.1 Å². The number of halogens is 4. The summed E-state index contributed by atoms with van der Waals surface area (Å²) in [5.41, 5.74) is -0.986. The molecule has 5 rings (SSSR count). The Bertz CT molecular complexity index is 1350. The second kappa shape index (κ2) is 11.4. The average molecular weight is 615 g/mol. The Hall–Kier alpha value is -3.26. The number of hydrogen-bond acceptors (Lipinski definition) is 9. The van der Waals surface area contributed by atoms with Gasteiger partial charge in [0.05, 0.1) is 12.1 Å². The fraction of sp³-hybridized carbons (Fsp3) is 0.500.